The van der Waals surface area contributed by atoms with Gasteiger partial charge in [-0.05, 0) is 44.6 Å². The molecule has 3 rings (SSSR count). The first-order chi connectivity index (χ1) is 9.90. The third-order valence-corrected chi connectivity index (χ3v) is 5.43. The van der Waals surface area contributed by atoms with Gasteiger partial charge in [0.25, 0.3) is 15.0 Å². The van der Waals surface area contributed by atoms with Crippen molar-refractivity contribution in [1.82, 2.24) is 9.47 Å². The van der Waals surface area contributed by atoms with Crippen molar-refractivity contribution in [2.24, 2.45) is 5.92 Å². The number of hydrogen-bond donors (Lipinski definition) is 0. The molecule has 0 N–H and O–H groups in total. The molecule has 0 radical (unpaired) electrons. The van der Waals surface area contributed by atoms with Crippen molar-refractivity contribution in [3.8, 4) is 0 Å². The van der Waals surface area contributed by atoms with Crippen LogP contribution in [-0.2, 0) is 15.6 Å². The SMILES string of the molecule is CCn1cc(S(=O)(=O)Cl)cc1C(=O)N(CC1CC1)C1CC1. The normalized spacial score (nSPS) is 18.8. The van der Waals surface area contributed by atoms with Crippen LogP contribution in [0, 0.1) is 5.92 Å². The Balaban J connectivity index is 1.89. The number of carbonyl (C=O) groups excluding carboxylic acids is 1. The van der Waals surface area contributed by atoms with Crippen LogP contribution in [0.5, 0.6) is 0 Å². The lowest BCUT2D eigenvalue weighted by Crippen LogP contribution is -2.36. The maximum Gasteiger partial charge on any atom is 0.270 e. The zero-order chi connectivity index (χ0) is 15.2. The molecular weight excluding hydrogens is 312 g/mol. The third kappa shape index (κ3) is 3.26. The van der Waals surface area contributed by atoms with Gasteiger partial charge < -0.3 is 9.47 Å². The fourth-order valence-corrected chi connectivity index (χ4v) is 3.33. The topological polar surface area (TPSA) is 59.4 Å². The van der Waals surface area contributed by atoms with Gasteiger partial charge in [-0.15, -0.1) is 0 Å². The van der Waals surface area contributed by atoms with E-state index in [-0.39, 0.29) is 10.8 Å². The average molecular weight is 331 g/mol. The molecule has 2 aliphatic rings. The molecule has 7 heteroatoms. The number of amides is 1. The Hall–Kier alpha value is -1.01. The van der Waals surface area contributed by atoms with E-state index in [2.05, 4.69) is 0 Å². The number of aryl methyl sites for hydroxylation is 1. The van der Waals surface area contributed by atoms with Crippen LogP contribution in [-0.4, -0.2) is 36.4 Å². The molecule has 1 aromatic rings. The predicted octanol–water partition coefficient (Wildman–Crippen LogP) is 2.45. The van der Waals surface area contributed by atoms with Gasteiger partial charge in [-0.2, -0.15) is 0 Å². The Morgan fingerprint density at radius 3 is 2.52 bits per heavy atom. The summed E-state index contributed by atoms with van der Waals surface area (Å²) in [6, 6.07) is 1.73. The fraction of sp³-hybridized carbons (Fsp3) is 0.643. The summed E-state index contributed by atoms with van der Waals surface area (Å²) in [6.45, 7) is 3.21. The number of halogens is 1. The lowest BCUT2D eigenvalue weighted by atomic mass is 10.3. The fourth-order valence-electron chi connectivity index (χ4n) is 2.57. The van der Waals surface area contributed by atoms with Gasteiger partial charge in [-0.1, -0.05) is 0 Å². The standard InChI is InChI=1S/C14H19ClN2O3S/c1-2-16-9-12(21(15,19)20)7-13(16)14(18)17(11-5-6-11)8-10-3-4-10/h7,9-11H,2-6,8H2,1H3. The molecule has 1 heterocycles. The van der Waals surface area contributed by atoms with Crippen LogP contribution >= 0.6 is 10.7 Å². The zero-order valence-electron chi connectivity index (χ0n) is 12.0. The largest absolute Gasteiger partial charge is 0.342 e. The van der Waals surface area contributed by atoms with Crippen molar-refractivity contribution >= 4 is 25.6 Å². The number of rotatable bonds is 6. The highest BCUT2D eigenvalue weighted by Gasteiger charge is 2.38. The van der Waals surface area contributed by atoms with Gasteiger partial charge >= 0.3 is 0 Å². The zero-order valence-corrected chi connectivity index (χ0v) is 13.5. The van der Waals surface area contributed by atoms with Crippen LogP contribution in [0.1, 0.15) is 43.1 Å². The van der Waals surface area contributed by atoms with Crippen LogP contribution in [0.25, 0.3) is 0 Å². The van der Waals surface area contributed by atoms with Crippen LogP contribution in [0.4, 0.5) is 0 Å². The third-order valence-electron chi connectivity index (χ3n) is 4.11. The molecule has 116 valence electrons. The van der Waals surface area contributed by atoms with Gasteiger partial charge in [0, 0.05) is 36.0 Å². The summed E-state index contributed by atoms with van der Waals surface area (Å²) in [5.74, 6) is 0.550. The Morgan fingerprint density at radius 2 is 2.05 bits per heavy atom. The Labute approximate surface area is 129 Å². The molecule has 0 unspecified atom stereocenters. The molecule has 5 nitrogen and oxygen atoms in total. The highest BCUT2D eigenvalue weighted by Crippen LogP contribution is 2.36. The maximum atomic E-state index is 12.8. The second kappa shape index (κ2) is 5.32. The van der Waals surface area contributed by atoms with E-state index in [9.17, 15) is 13.2 Å². The van der Waals surface area contributed by atoms with Gasteiger partial charge in [0.05, 0.1) is 0 Å². The van der Waals surface area contributed by atoms with E-state index in [0.717, 1.165) is 19.4 Å². The Bertz CT molecular complexity index is 660. The molecule has 21 heavy (non-hydrogen) atoms. The number of aromatic nitrogens is 1. The first-order valence-corrected chi connectivity index (χ1v) is 9.67. The molecule has 2 saturated carbocycles. The van der Waals surface area contributed by atoms with E-state index in [1.807, 2.05) is 11.8 Å². The summed E-state index contributed by atoms with van der Waals surface area (Å²) in [5.41, 5.74) is 0.421. The minimum Gasteiger partial charge on any atom is -0.342 e. The smallest absolute Gasteiger partial charge is 0.270 e. The molecule has 2 aliphatic carbocycles. The first kappa shape index (κ1) is 14.9. The van der Waals surface area contributed by atoms with Gasteiger partial charge in [-0.25, -0.2) is 8.42 Å². The molecular formula is C14H19ClN2O3S. The Morgan fingerprint density at radius 1 is 1.38 bits per heavy atom. The van der Waals surface area contributed by atoms with E-state index in [1.165, 1.54) is 25.1 Å². The Kier molecular flexibility index (Phi) is 3.78. The summed E-state index contributed by atoms with van der Waals surface area (Å²) in [5, 5.41) is 0. The molecule has 1 amide bonds. The minimum atomic E-state index is -3.81. The summed E-state index contributed by atoms with van der Waals surface area (Å²) in [4.78, 5) is 14.7. The van der Waals surface area contributed by atoms with Gasteiger partial charge in [-0.3, -0.25) is 4.79 Å². The second-order valence-electron chi connectivity index (χ2n) is 5.92. The maximum absolute atomic E-state index is 12.8. The summed E-state index contributed by atoms with van der Waals surface area (Å²) >= 11 is 0. The molecule has 0 aliphatic heterocycles. The summed E-state index contributed by atoms with van der Waals surface area (Å²) < 4.78 is 24.6. The van der Waals surface area contributed by atoms with Crippen molar-refractivity contribution in [2.75, 3.05) is 6.54 Å². The quantitative estimate of drug-likeness (QED) is 0.753. The van der Waals surface area contributed by atoms with E-state index >= 15 is 0 Å². The van der Waals surface area contributed by atoms with E-state index < -0.39 is 9.05 Å². The van der Waals surface area contributed by atoms with Gasteiger partial charge in [0.2, 0.25) is 0 Å². The molecule has 0 atom stereocenters. The van der Waals surface area contributed by atoms with Crippen molar-refractivity contribution in [3.63, 3.8) is 0 Å². The van der Waals surface area contributed by atoms with E-state index in [1.54, 1.807) is 4.57 Å². The van der Waals surface area contributed by atoms with Crippen molar-refractivity contribution < 1.29 is 13.2 Å². The average Bonchev–Trinajstić information content (AvgIpc) is 3.31. The highest BCUT2D eigenvalue weighted by atomic mass is 35.7. The van der Waals surface area contributed by atoms with Crippen molar-refractivity contribution in [1.29, 1.82) is 0 Å². The van der Waals surface area contributed by atoms with E-state index in [0.29, 0.717) is 24.2 Å². The lowest BCUT2D eigenvalue weighted by Gasteiger charge is -2.22. The molecule has 2 fully saturated rings. The molecule has 0 bridgehead atoms. The monoisotopic (exact) mass is 330 g/mol. The van der Waals surface area contributed by atoms with Crippen LogP contribution in [0.3, 0.4) is 0 Å². The first-order valence-electron chi connectivity index (χ1n) is 7.36. The van der Waals surface area contributed by atoms with Crippen LogP contribution in [0.15, 0.2) is 17.2 Å². The lowest BCUT2D eigenvalue weighted by molar-refractivity contribution is 0.0724. The number of nitrogens with zero attached hydrogens (tertiary/aromatic N) is 2. The predicted molar refractivity (Wildman–Crippen MR) is 79.9 cm³/mol. The summed E-state index contributed by atoms with van der Waals surface area (Å²) in [6.07, 6.45) is 5.91. The molecule has 0 saturated heterocycles. The summed E-state index contributed by atoms with van der Waals surface area (Å²) in [7, 11) is 1.58. The molecule has 1 aromatic heterocycles. The second-order valence-corrected chi connectivity index (χ2v) is 8.48. The van der Waals surface area contributed by atoms with Crippen LogP contribution in [0.2, 0.25) is 0 Å². The number of hydrogen-bond acceptors (Lipinski definition) is 3. The van der Waals surface area contributed by atoms with Crippen molar-refractivity contribution in [2.45, 2.75) is 50.1 Å². The van der Waals surface area contributed by atoms with Gasteiger partial charge in [0.15, 0.2) is 0 Å². The van der Waals surface area contributed by atoms with Gasteiger partial charge in [0.1, 0.15) is 10.6 Å². The highest BCUT2D eigenvalue weighted by molar-refractivity contribution is 8.13. The minimum absolute atomic E-state index is 0.00321. The van der Waals surface area contributed by atoms with Crippen molar-refractivity contribution in [3.05, 3.63) is 18.0 Å². The molecule has 0 aromatic carbocycles. The molecule has 0 spiro atoms. The number of carbonyl (C=O) groups is 1. The van der Waals surface area contributed by atoms with Crippen LogP contribution < -0.4 is 0 Å². The van der Waals surface area contributed by atoms with E-state index in [4.69, 9.17) is 10.7 Å².